The highest BCUT2D eigenvalue weighted by Gasteiger charge is 2.46. The smallest absolute Gasteiger partial charge is 0.339 e. The summed E-state index contributed by atoms with van der Waals surface area (Å²) in [7, 11) is 1.81. The Balaban J connectivity index is 1.62. The summed E-state index contributed by atoms with van der Waals surface area (Å²) in [4.78, 5) is 27.3. The number of likely N-dealkylation sites (N-methyl/N-ethyl adjacent to an activating group) is 1. The molecule has 0 fully saturated rings. The predicted octanol–water partition coefficient (Wildman–Crippen LogP) is 3.30. The summed E-state index contributed by atoms with van der Waals surface area (Å²) in [5.41, 5.74) is 2.77. The molecule has 1 amide bonds. The highest BCUT2D eigenvalue weighted by Crippen LogP contribution is 2.37. The van der Waals surface area contributed by atoms with Gasteiger partial charge in [0.1, 0.15) is 0 Å². The van der Waals surface area contributed by atoms with Crippen molar-refractivity contribution in [2.45, 2.75) is 37.8 Å². The Labute approximate surface area is 147 Å². The van der Waals surface area contributed by atoms with E-state index in [9.17, 15) is 9.59 Å². The highest BCUT2D eigenvalue weighted by atomic mass is 16.6. The van der Waals surface area contributed by atoms with Crippen LogP contribution in [0.15, 0.2) is 48.5 Å². The molecule has 2 unspecified atom stereocenters. The largest absolute Gasteiger partial charge is 0.445 e. The SMILES string of the molecule is CN(C(=O)C1(C)Cc2ccccc2C(=O)O1)C1CCc2ccccc21. The van der Waals surface area contributed by atoms with Gasteiger partial charge in [-0.15, -0.1) is 0 Å². The number of carbonyl (C=O) groups is 2. The standard InChI is InChI=1S/C21H21NO3/c1-21(13-15-8-4-6-10-17(15)19(23)25-21)20(24)22(2)18-12-11-14-7-3-5-9-16(14)18/h3-10,18H,11-13H2,1-2H3. The number of rotatable bonds is 2. The lowest BCUT2D eigenvalue weighted by molar-refractivity contribution is -0.152. The maximum Gasteiger partial charge on any atom is 0.339 e. The molecule has 2 atom stereocenters. The molecule has 0 spiro atoms. The van der Waals surface area contributed by atoms with Crippen LogP contribution in [0.2, 0.25) is 0 Å². The molecule has 0 radical (unpaired) electrons. The van der Waals surface area contributed by atoms with Crippen molar-refractivity contribution in [3.63, 3.8) is 0 Å². The van der Waals surface area contributed by atoms with Crippen LogP contribution in [0.3, 0.4) is 0 Å². The summed E-state index contributed by atoms with van der Waals surface area (Å²) in [6, 6.07) is 15.6. The molecule has 0 bridgehead atoms. The van der Waals surface area contributed by atoms with Crippen LogP contribution >= 0.6 is 0 Å². The molecule has 128 valence electrons. The first-order valence-electron chi connectivity index (χ1n) is 8.66. The third kappa shape index (κ3) is 2.53. The maximum atomic E-state index is 13.2. The van der Waals surface area contributed by atoms with E-state index in [4.69, 9.17) is 4.74 Å². The fraction of sp³-hybridized carbons (Fsp3) is 0.333. The van der Waals surface area contributed by atoms with E-state index < -0.39 is 11.6 Å². The third-order valence-electron chi connectivity index (χ3n) is 5.42. The molecule has 2 aliphatic rings. The molecule has 0 aromatic heterocycles. The van der Waals surface area contributed by atoms with Gasteiger partial charge in [0.2, 0.25) is 0 Å². The quantitative estimate of drug-likeness (QED) is 0.791. The molecule has 4 nitrogen and oxygen atoms in total. The van der Waals surface area contributed by atoms with E-state index >= 15 is 0 Å². The molecule has 4 heteroatoms. The summed E-state index contributed by atoms with van der Waals surface area (Å²) in [6.07, 6.45) is 2.28. The van der Waals surface area contributed by atoms with Crippen LogP contribution in [0.5, 0.6) is 0 Å². The van der Waals surface area contributed by atoms with Crippen molar-refractivity contribution in [1.29, 1.82) is 0 Å². The van der Waals surface area contributed by atoms with Gasteiger partial charge in [0.25, 0.3) is 5.91 Å². The van der Waals surface area contributed by atoms with Gasteiger partial charge in [-0.1, -0.05) is 42.5 Å². The van der Waals surface area contributed by atoms with Gasteiger partial charge in [-0.3, -0.25) is 4.79 Å². The van der Waals surface area contributed by atoms with Gasteiger partial charge in [-0.2, -0.15) is 0 Å². The van der Waals surface area contributed by atoms with Gasteiger partial charge >= 0.3 is 5.97 Å². The van der Waals surface area contributed by atoms with E-state index in [1.54, 1.807) is 17.9 Å². The van der Waals surface area contributed by atoms with Crippen molar-refractivity contribution in [2.24, 2.45) is 0 Å². The molecule has 0 N–H and O–H groups in total. The molecular weight excluding hydrogens is 314 g/mol. The van der Waals surface area contributed by atoms with Crippen LogP contribution in [-0.4, -0.2) is 29.4 Å². The Morgan fingerprint density at radius 1 is 1.12 bits per heavy atom. The van der Waals surface area contributed by atoms with Gasteiger partial charge in [-0.05, 0) is 42.5 Å². The zero-order valence-corrected chi connectivity index (χ0v) is 14.5. The number of esters is 1. The summed E-state index contributed by atoms with van der Waals surface area (Å²) in [5.74, 6) is -0.560. The normalized spacial score (nSPS) is 24.2. The van der Waals surface area contributed by atoms with Crippen LogP contribution in [0.4, 0.5) is 0 Å². The number of nitrogens with zero attached hydrogens (tertiary/aromatic N) is 1. The number of hydrogen-bond acceptors (Lipinski definition) is 3. The average molecular weight is 335 g/mol. The average Bonchev–Trinajstić information content (AvgIpc) is 3.04. The lowest BCUT2D eigenvalue weighted by Gasteiger charge is -2.38. The van der Waals surface area contributed by atoms with Crippen LogP contribution in [-0.2, 0) is 22.4 Å². The topological polar surface area (TPSA) is 46.6 Å². The molecule has 1 aliphatic carbocycles. The van der Waals surface area contributed by atoms with E-state index in [1.165, 1.54) is 11.1 Å². The summed E-state index contributed by atoms with van der Waals surface area (Å²) >= 11 is 0. The van der Waals surface area contributed by atoms with Crippen molar-refractivity contribution in [1.82, 2.24) is 4.90 Å². The monoisotopic (exact) mass is 335 g/mol. The molecule has 25 heavy (non-hydrogen) atoms. The second-order valence-corrected chi connectivity index (χ2v) is 7.12. The summed E-state index contributed by atoms with van der Waals surface area (Å²) in [6.45, 7) is 1.72. The third-order valence-corrected chi connectivity index (χ3v) is 5.42. The van der Waals surface area contributed by atoms with Gasteiger partial charge in [0.15, 0.2) is 5.60 Å². The number of cyclic esters (lactones) is 1. The Hall–Kier alpha value is -2.62. The van der Waals surface area contributed by atoms with Gasteiger partial charge < -0.3 is 9.64 Å². The van der Waals surface area contributed by atoms with Crippen molar-refractivity contribution >= 4 is 11.9 Å². The minimum absolute atomic E-state index is 0.0383. The van der Waals surface area contributed by atoms with E-state index in [2.05, 4.69) is 12.1 Å². The van der Waals surface area contributed by atoms with E-state index in [0.717, 1.165) is 18.4 Å². The second kappa shape index (κ2) is 5.73. The molecule has 1 heterocycles. The lowest BCUT2D eigenvalue weighted by Crippen LogP contribution is -2.52. The first kappa shape index (κ1) is 15.9. The molecular formula is C21H21NO3. The molecule has 0 saturated carbocycles. The van der Waals surface area contributed by atoms with Crippen molar-refractivity contribution < 1.29 is 14.3 Å². The fourth-order valence-electron chi connectivity index (χ4n) is 4.10. The van der Waals surface area contributed by atoms with Crippen molar-refractivity contribution in [3.05, 3.63) is 70.8 Å². The lowest BCUT2D eigenvalue weighted by atomic mass is 9.88. The number of aryl methyl sites for hydroxylation is 1. The highest BCUT2D eigenvalue weighted by molar-refractivity contribution is 5.97. The molecule has 4 rings (SSSR count). The van der Waals surface area contributed by atoms with E-state index in [-0.39, 0.29) is 11.9 Å². The Morgan fingerprint density at radius 3 is 2.60 bits per heavy atom. The zero-order chi connectivity index (χ0) is 17.6. The molecule has 0 saturated heterocycles. The number of hydrogen-bond donors (Lipinski definition) is 0. The van der Waals surface area contributed by atoms with Crippen LogP contribution in [0.25, 0.3) is 0 Å². The van der Waals surface area contributed by atoms with Crippen LogP contribution in [0, 0.1) is 0 Å². The minimum Gasteiger partial charge on any atom is -0.445 e. The molecule has 2 aromatic carbocycles. The number of benzene rings is 2. The Kier molecular flexibility index (Phi) is 3.64. The Morgan fingerprint density at radius 2 is 1.80 bits per heavy atom. The van der Waals surface area contributed by atoms with Crippen molar-refractivity contribution in [3.8, 4) is 0 Å². The first-order valence-corrected chi connectivity index (χ1v) is 8.66. The predicted molar refractivity (Wildman–Crippen MR) is 94.2 cm³/mol. The van der Waals surface area contributed by atoms with Crippen LogP contribution < -0.4 is 0 Å². The van der Waals surface area contributed by atoms with Gasteiger partial charge in [0.05, 0.1) is 11.6 Å². The molecule has 1 aliphatic heterocycles. The van der Waals surface area contributed by atoms with E-state index in [1.807, 2.05) is 37.4 Å². The second-order valence-electron chi connectivity index (χ2n) is 7.12. The zero-order valence-electron chi connectivity index (χ0n) is 14.5. The number of ether oxygens (including phenoxy) is 1. The molecule has 2 aromatic rings. The first-order chi connectivity index (χ1) is 12.0. The van der Waals surface area contributed by atoms with Crippen LogP contribution in [0.1, 0.15) is 46.4 Å². The number of amides is 1. The number of fused-ring (bicyclic) bond motifs is 2. The van der Waals surface area contributed by atoms with Crippen molar-refractivity contribution in [2.75, 3.05) is 7.05 Å². The summed E-state index contributed by atoms with van der Waals surface area (Å²) in [5, 5.41) is 0. The number of carbonyl (C=O) groups excluding carboxylic acids is 2. The Bertz CT molecular complexity index is 860. The van der Waals surface area contributed by atoms with Gasteiger partial charge in [-0.25, -0.2) is 4.79 Å². The fourth-order valence-corrected chi connectivity index (χ4v) is 4.10. The summed E-state index contributed by atoms with van der Waals surface area (Å²) < 4.78 is 5.60. The van der Waals surface area contributed by atoms with Gasteiger partial charge in [0, 0.05) is 13.5 Å². The minimum atomic E-state index is -1.16. The van der Waals surface area contributed by atoms with E-state index in [0.29, 0.717) is 12.0 Å². The maximum absolute atomic E-state index is 13.2.